The third-order valence-corrected chi connectivity index (χ3v) is 2.81. The molecule has 1 saturated heterocycles. The van der Waals surface area contributed by atoms with E-state index >= 15 is 0 Å². The lowest BCUT2D eigenvalue weighted by molar-refractivity contribution is -0.140. The van der Waals surface area contributed by atoms with E-state index in [1.165, 1.54) is 0 Å². The van der Waals surface area contributed by atoms with Crippen LogP contribution in [0.25, 0.3) is 0 Å². The van der Waals surface area contributed by atoms with Gasteiger partial charge in [-0.3, -0.25) is 4.79 Å². The first-order valence-corrected chi connectivity index (χ1v) is 6.34. The first kappa shape index (κ1) is 14.4. The number of piperidine rings is 1. The Balaban J connectivity index is 2.19. The molecule has 1 amide bonds. The van der Waals surface area contributed by atoms with Crippen molar-refractivity contribution in [1.29, 1.82) is 0 Å². The van der Waals surface area contributed by atoms with Crippen LogP contribution in [0.3, 0.4) is 0 Å². The molecule has 0 unspecified atom stereocenters. The van der Waals surface area contributed by atoms with Crippen molar-refractivity contribution in [3.63, 3.8) is 0 Å². The van der Waals surface area contributed by atoms with E-state index in [2.05, 4.69) is 0 Å². The zero-order valence-corrected chi connectivity index (χ0v) is 10.9. The molecular formula is C12H24N2O3. The van der Waals surface area contributed by atoms with Crippen molar-refractivity contribution in [2.45, 2.75) is 38.9 Å². The summed E-state index contributed by atoms with van der Waals surface area (Å²) < 4.78 is 10.9. The summed E-state index contributed by atoms with van der Waals surface area (Å²) in [6.45, 7) is 6.73. The largest absolute Gasteiger partial charge is 0.377 e. The van der Waals surface area contributed by atoms with E-state index in [1.54, 1.807) is 0 Å². The Labute approximate surface area is 103 Å². The molecule has 5 heteroatoms. The predicted octanol–water partition coefficient (Wildman–Crippen LogP) is 0.378. The minimum atomic E-state index is 0.0796. The Morgan fingerprint density at radius 2 is 2.06 bits per heavy atom. The number of amides is 1. The third kappa shape index (κ3) is 5.48. The van der Waals surface area contributed by atoms with Gasteiger partial charge >= 0.3 is 0 Å². The Morgan fingerprint density at radius 3 is 2.59 bits per heavy atom. The number of hydrogen-bond acceptors (Lipinski definition) is 4. The zero-order chi connectivity index (χ0) is 12.7. The molecule has 17 heavy (non-hydrogen) atoms. The molecule has 0 saturated carbocycles. The maximum Gasteiger partial charge on any atom is 0.248 e. The second-order valence-corrected chi connectivity index (χ2v) is 4.60. The van der Waals surface area contributed by atoms with Crippen LogP contribution < -0.4 is 5.73 Å². The molecule has 2 N–H and O–H groups in total. The normalized spacial score (nSPS) is 17.8. The fourth-order valence-electron chi connectivity index (χ4n) is 1.84. The summed E-state index contributed by atoms with van der Waals surface area (Å²) in [5, 5.41) is 0. The van der Waals surface area contributed by atoms with Crippen molar-refractivity contribution in [3.05, 3.63) is 0 Å². The summed E-state index contributed by atoms with van der Waals surface area (Å²) in [6, 6.07) is 0. The molecule has 0 aromatic rings. The summed E-state index contributed by atoms with van der Waals surface area (Å²) in [4.78, 5) is 13.6. The van der Waals surface area contributed by atoms with Crippen LogP contribution in [0, 0.1) is 0 Å². The summed E-state index contributed by atoms with van der Waals surface area (Å²) in [7, 11) is 0. The standard InChI is InChI=1S/C12H24N2O3/c1-10(2)17-9-12(15)14-6-3-11(4-7-14)16-8-5-13/h10-11H,3-9,13H2,1-2H3. The maximum absolute atomic E-state index is 11.8. The molecule has 100 valence electrons. The second-order valence-electron chi connectivity index (χ2n) is 4.60. The fourth-order valence-corrected chi connectivity index (χ4v) is 1.84. The summed E-state index contributed by atoms with van der Waals surface area (Å²) in [5.41, 5.74) is 5.38. The number of rotatable bonds is 6. The molecule has 0 spiro atoms. The van der Waals surface area contributed by atoms with Crippen molar-refractivity contribution >= 4 is 5.91 Å². The number of carbonyl (C=O) groups excluding carboxylic acids is 1. The third-order valence-electron chi connectivity index (χ3n) is 2.81. The van der Waals surface area contributed by atoms with Crippen LogP contribution >= 0.6 is 0 Å². The zero-order valence-electron chi connectivity index (χ0n) is 10.9. The Morgan fingerprint density at radius 1 is 1.41 bits per heavy atom. The van der Waals surface area contributed by atoms with Gasteiger partial charge in [0.2, 0.25) is 5.91 Å². The Kier molecular flexibility index (Phi) is 6.47. The van der Waals surface area contributed by atoms with Crippen LogP contribution in [0.4, 0.5) is 0 Å². The van der Waals surface area contributed by atoms with Gasteiger partial charge in [0.15, 0.2) is 0 Å². The quantitative estimate of drug-likeness (QED) is 0.733. The lowest BCUT2D eigenvalue weighted by Crippen LogP contribution is -2.43. The number of carbonyl (C=O) groups is 1. The maximum atomic E-state index is 11.8. The topological polar surface area (TPSA) is 64.8 Å². The van der Waals surface area contributed by atoms with Gasteiger partial charge < -0.3 is 20.1 Å². The van der Waals surface area contributed by atoms with Crippen molar-refractivity contribution in [2.75, 3.05) is 32.8 Å². The SMILES string of the molecule is CC(C)OCC(=O)N1CCC(OCCN)CC1. The van der Waals surface area contributed by atoms with E-state index in [4.69, 9.17) is 15.2 Å². The van der Waals surface area contributed by atoms with Gasteiger partial charge in [-0.25, -0.2) is 0 Å². The molecule has 1 fully saturated rings. The van der Waals surface area contributed by atoms with Crippen LogP contribution in [0.5, 0.6) is 0 Å². The van der Waals surface area contributed by atoms with E-state index in [0.717, 1.165) is 25.9 Å². The first-order valence-electron chi connectivity index (χ1n) is 6.34. The molecule has 1 aliphatic rings. The second kappa shape index (κ2) is 7.63. The smallest absolute Gasteiger partial charge is 0.248 e. The summed E-state index contributed by atoms with van der Waals surface area (Å²) >= 11 is 0. The van der Waals surface area contributed by atoms with Crippen LogP contribution in [0.2, 0.25) is 0 Å². The van der Waals surface area contributed by atoms with Gasteiger partial charge in [-0.1, -0.05) is 0 Å². The van der Waals surface area contributed by atoms with Crippen LogP contribution in [0.15, 0.2) is 0 Å². The molecule has 1 rings (SSSR count). The predicted molar refractivity (Wildman–Crippen MR) is 65.7 cm³/mol. The van der Waals surface area contributed by atoms with E-state index in [0.29, 0.717) is 13.2 Å². The van der Waals surface area contributed by atoms with Crippen molar-refractivity contribution in [3.8, 4) is 0 Å². The summed E-state index contributed by atoms with van der Waals surface area (Å²) in [6.07, 6.45) is 2.15. The molecule has 0 aromatic heterocycles. The monoisotopic (exact) mass is 244 g/mol. The highest BCUT2D eigenvalue weighted by Crippen LogP contribution is 2.13. The Bertz CT molecular complexity index is 226. The van der Waals surface area contributed by atoms with Crippen LogP contribution in [-0.4, -0.2) is 55.9 Å². The number of nitrogens with zero attached hydrogens (tertiary/aromatic N) is 1. The van der Waals surface area contributed by atoms with Crippen LogP contribution in [-0.2, 0) is 14.3 Å². The average Bonchev–Trinajstić information content (AvgIpc) is 2.34. The van der Waals surface area contributed by atoms with Gasteiger partial charge in [-0.15, -0.1) is 0 Å². The molecule has 1 heterocycles. The van der Waals surface area contributed by atoms with Crippen LogP contribution in [0.1, 0.15) is 26.7 Å². The highest BCUT2D eigenvalue weighted by Gasteiger charge is 2.23. The molecule has 0 radical (unpaired) electrons. The number of nitrogens with two attached hydrogens (primary N) is 1. The lowest BCUT2D eigenvalue weighted by atomic mass is 10.1. The van der Waals surface area contributed by atoms with E-state index in [9.17, 15) is 4.79 Å². The fraction of sp³-hybridized carbons (Fsp3) is 0.917. The van der Waals surface area contributed by atoms with E-state index < -0.39 is 0 Å². The lowest BCUT2D eigenvalue weighted by Gasteiger charge is -2.32. The molecule has 0 atom stereocenters. The van der Waals surface area contributed by atoms with Crippen molar-refractivity contribution in [1.82, 2.24) is 4.90 Å². The van der Waals surface area contributed by atoms with E-state index in [-0.39, 0.29) is 24.7 Å². The van der Waals surface area contributed by atoms with Gasteiger partial charge in [-0.05, 0) is 26.7 Å². The molecule has 5 nitrogen and oxygen atoms in total. The first-order chi connectivity index (χ1) is 8.13. The minimum Gasteiger partial charge on any atom is -0.377 e. The molecule has 0 aliphatic carbocycles. The van der Waals surface area contributed by atoms with Gasteiger partial charge in [0, 0.05) is 19.6 Å². The van der Waals surface area contributed by atoms with Crippen molar-refractivity contribution < 1.29 is 14.3 Å². The molecule has 1 aliphatic heterocycles. The number of likely N-dealkylation sites (tertiary alicyclic amines) is 1. The van der Waals surface area contributed by atoms with Crippen molar-refractivity contribution in [2.24, 2.45) is 5.73 Å². The van der Waals surface area contributed by atoms with Gasteiger partial charge in [0.25, 0.3) is 0 Å². The van der Waals surface area contributed by atoms with Gasteiger partial charge in [-0.2, -0.15) is 0 Å². The number of ether oxygens (including phenoxy) is 2. The Hall–Kier alpha value is -0.650. The highest BCUT2D eigenvalue weighted by molar-refractivity contribution is 5.77. The van der Waals surface area contributed by atoms with E-state index in [1.807, 2.05) is 18.7 Å². The minimum absolute atomic E-state index is 0.0796. The average molecular weight is 244 g/mol. The van der Waals surface area contributed by atoms with Gasteiger partial charge in [0.1, 0.15) is 6.61 Å². The molecular weight excluding hydrogens is 220 g/mol. The summed E-state index contributed by atoms with van der Waals surface area (Å²) in [5.74, 6) is 0.0796. The highest BCUT2D eigenvalue weighted by atomic mass is 16.5. The molecule has 0 bridgehead atoms. The van der Waals surface area contributed by atoms with Gasteiger partial charge in [0.05, 0.1) is 18.8 Å². The number of hydrogen-bond donors (Lipinski definition) is 1. The molecule has 0 aromatic carbocycles.